The zero-order valence-electron chi connectivity index (χ0n) is 18.8. The van der Waals surface area contributed by atoms with Crippen LogP contribution in [0.3, 0.4) is 0 Å². The number of unbranched alkanes of at least 4 members (excludes halogenated alkanes) is 1. The average molecular weight is 481 g/mol. The maximum atomic E-state index is 13.0. The highest BCUT2D eigenvalue weighted by molar-refractivity contribution is 7.89. The van der Waals surface area contributed by atoms with E-state index in [1.54, 1.807) is 6.07 Å². The smallest absolute Gasteiger partial charge is 0.321 e. The number of aromatic amines is 1. The van der Waals surface area contributed by atoms with Gasteiger partial charge in [0.1, 0.15) is 17.4 Å². The van der Waals surface area contributed by atoms with E-state index >= 15 is 0 Å². The molecule has 0 amide bonds. The Hall–Kier alpha value is -3.10. The van der Waals surface area contributed by atoms with Crippen molar-refractivity contribution in [1.29, 1.82) is 0 Å². The number of furan rings is 1. The SMILES string of the molecule is O=C(O)[C@@H](CCCCc1c[nH]c2ccccc12)NS(=O)(=O)c1ccc2c3c(oc2c1)CCCC3. The molecule has 0 saturated heterocycles. The van der Waals surface area contributed by atoms with E-state index in [1.807, 2.05) is 24.4 Å². The normalized spacial score (nSPS) is 14.9. The maximum absolute atomic E-state index is 13.0. The number of benzene rings is 2. The van der Waals surface area contributed by atoms with Crippen molar-refractivity contribution in [3.8, 4) is 0 Å². The third kappa shape index (κ3) is 4.48. The number of nitrogens with one attached hydrogen (secondary N) is 2. The molecule has 5 rings (SSSR count). The van der Waals surface area contributed by atoms with Gasteiger partial charge in [0.05, 0.1) is 4.90 Å². The highest BCUT2D eigenvalue weighted by Crippen LogP contribution is 2.33. The van der Waals surface area contributed by atoms with Crippen molar-refractivity contribution < 1.29 is 22.7 Å². The Morgan fingerprint density at radius 3 is 2.76 bits per heavy atom. The average Bonchev–Trinajstić information content (AvgIpc) is 3.41. The molecule has 1 aliphatic carbocycles. The van der Waals surface area contributed by atoms with Gasteiger partial charge in [-0.25, -0.2) is 8.42 Å². The number of carboxylic acid groups (broad SMARTS) is 1. The molecule has 3 N–H and O–H groups in total. The first kappa shape index (κ1) is 22.7. The van der Waals surface area contributed by atoms with Gasteiger partial charge in [-0.1, -0.05) is 24.6 Å². The largest absolute Gasteiger partial charge is 0.480 e. The third-order valence-corrected chi connectivity index (χ3v) is 8.17. The lowest BCUT2D eigenvalue weighted by Gasteiger charge is -2.15. The Bertz CT molecular complexity index is 1450. The van der Waals surface area contributed by atoms with E-state index in [2.05, 4.69) is 15.8 Å². The molecule has 0 aliphatic heterocycles. The summed E-state index contributed by atoms with van der Waals surface area (Å²) in [4.78, 5) is 15.1. The highest BCUT2D eigenvalue weighted by Gasteiger charge is 2.26. The lowest BCUT2D eigenvalue weighted by molar-refractivity contribution is -0.139. The van der Waals surface area contributed by atoms with Crippen molar-refractivity contribution in [3.63, 3.8) is 0 Å². The molecule has 1 atom stereocenters. The fraction of sp³-hybridized carbons (Fsp3) is 0.346. The van der Waals surface area contributed by atoms with Gasteiger partial charge in [0.2, 0.25) is 10.0 Å². The number of carbonyl (C=O) groups is 1. The summed E-state index contributed by atoms with van der Waals surface area (Å²) in [7, 11) is -4.00. The molecule has 2 aromatic heterocycles. The van der Waals surface area contributed by atoms with Crippen LogP contribution in [0.4, 0.5) is 0 Å². The molecule has 2 aromatic carbocycles. The van der Waals surface area contributed by atoms with E-state index in [-0.39, 0.29) is 11.3 Å². The molecule has 0 bridgehead atoms. The summed E-state index contributed by atoms with van der Waals surface area (Å²) in [5.41, 5.74) is 3.96. The molecule has 0 spiro atoms. The summed E-state index contributed by atoms with van der Waals surface area (Å²) in [5, 5.41) is 11.7. The third-order valence-electron chi connectivity index (χ3n) is 6.70. The summed E-state index contributed by atoms with van der Waals surface area (Å²) in [5.74, 6) is -0.243. The van der Waals surface area contributed by atoms with Crippen molar-refractivity contribution in [1.82, 2.24) is 9.71 Å². The van der Waals surface area contributed by atoms with Gasteiger partial charge >= 0.3 is 5.97 Å². The lowest BCUT2D eigenvalue weighted by atomic mass is 9.96. The van der Waals surface area contributed by atoms with E-state index in [0.717, 1.165) is 66.1 Å². The summed E-state index contributed by atoms with van der Waals surface area (Å²) in [6.45, 7) is 0. The molecule has 4 aromatic rings. The predicted molar refractivity (Wildman–Crippen MR) is 130 cm³/mol. The molecule has 178 valence electrons. The molecular formula is C26H28N2O5S. The quantitative estimate of drug-likeness (QED) is 0.294. The first-order chi connectivity index (χ1) is 16.4. The van der Waals surface area contributed by atoms with Crippen LogP contribution in [0.2, 0.25) is 0 Å². The molecule has 34 heavy (non-hydrogen) atoms. The van der Waals surface area contributed by atoms with Crippen LogP contribution in [0.15, 0.2) is 58.0 Å². The Kier molecular flexibility index (Phi) is 6.18. The second-order valence-electron chi connectivity index (χ2n) is 8.99. The number of hydrogen-bond donors (Lipinski definition) is 3. The van der Waals surface area contributed by atoms with E-state index in [9.17, 15) is 18.3 Å². The van der Waals surface area contributed by atoms with Crippen molar-refractivity contribution in [2.45, 2.75) is 62.3 Å². The first-order valence-corrected chi connectivity index (χ1v) is 13.2. The van der Waals surface area contributed by atoms with Crippen molar-refractivity contribution in [2.75, 3.05) is 0 Å². The molecular weight excluding hydrogens is 452 g/mol. The number of rotatable bonds is 9. The van der Waals surface area contributed by atoms with E-state index in [4.69, 9.17) is 4.42 Å². The number of aryl methyl sites for hydroxylation is 3. The lowest BCUT2D eigenvalue weighted by Crippen LogP contribution is -2.40. The minimum Gasteiger partial charge on any atom is -0.480 e. The Morgan fingerprint density at radius 1 is 1.09 bits per heavy atom. The van der Waals surface area contributed by atoms with Crippen molar-refractivity contribution in [2.24, 2.45) is 0 Å². The van der Waals surface area contributed by atoms with Gasteiger partial charge in [-0.05, 0) is 62.3 Å². The standard InChI is InChI=1S/C26H28N2O5S/c29-26(30)23(11-4-1-7-17-16-27-22-10-5-2-8-19(17)22)28-34(31,32)18-13-14-21-20-9-3-6-12-24(20)33-25(21)15-18/h2,5,8,10,13-16,23,27-28H,1,3-4,6-7,9,11-12H2,(H,29,30)/t23-/m1/s1. The van der Waals surface area contributed by atoms with Crippen molar-refractivity contribution >= 4 is 37.9 Å². The van der Waals surface area contributed by atoms with Crippen LogP contribution in [-0.4, -0.2) is 30.5 Å². The number of sulfonamides is 1. The van der Waals surface area contributed by atoms with E-state index in [1.165, 1.54) is 17.7 Å². The molecule has 0 saturated carbocycles. The van der Waals surface area contributed by atoms with Gasteiger partial charge < -0.3 is 14.5 Å². The van der Waals surface area contributed by atoms with Crippen LogP contribution in [-0.2, 0) is 34.1 Å². The number of aliphatic carboxylic acids is 1. The summed E-state index contributed by atoms with van der Waals surface area (Å²) < 4.78 is 34.3. The molecule has 0 unspecified atom stereocenters. The zero-order valence-corrected chi connectivity index (χ0v) is 19.7. The maximum Gasteiger partial charge on any atom is 0.321 e. The van der Waals surface area contributed by atoms with Crippen LogP contribution < -0.4 is 4.72 Å². The Labute approximate surface area is 198 Å². The number of H-pyrrole nitrogens is 1. The summed E-state index contributed by atoms with van der Waals surface area (Å²) in [6.07, 6.45) is 8.31. The summed E-state index contributed by atoms with van der Waals surface area (Å²) >= 11 is 0. The van der Waals surface area contributed by atoms with Gasteiger partial charge in [-0.15, -0.1) is 0 Å². The molecule has 7 nitrogen and oxygen atoms in total. The predicted octanol–water partition coefficient (Wildman–Crippen LogP) is 4.94. The molecule has 2 heterocycles. The number of aromatic nitrogens is 1. The summed E-state index contributed by atoms with van der Waals surface area (Å²) in [6, 6.07) is 11.7. The van der Waals surface area contributed by atoms with E-state index in [0.29, 0.717) is 12.0 Å². The van der Waals surface area contributed by atoms with Crippen molar-refractivity contribution in [3.05, 3.63) is 65.5 Å². The van der Waals surface area contributed by atoms with Gasteiger partial charge in [-0.3, -0.25) is 4.79 Å². The second kappa shape index (κ2) is 9.27. The Morgan fingerprint density at radius 2 is 1.91 bits per heavy atom. The Balaban J connectivity index is 1.24. The fourth-order valence-corrected chi connectivity index (χ4v) is 6.14. The zero-order chi connectivity index (χ0) is 23.7. The van der Waals surface area contributed by atoms with Crippen LogP contribution in [0, 0.1) is 0 Å². The number of para-hydroxylation sites is 1. The minimum absolute atomic E-state index is 0.0242. The number of hydrogen-bond acceptors (Lipinski definition) is 4. The molecule has 0 fully saturated rings. The first-order valence-electron chi connectivity index (χ1n) is 11.8. The van der Waals surface area contributed by atoms with Crippen LogP contribution in [0.5, 0.6) is 0 Å². The highest BCUT2D eigenvalue weighted by atomic mass is 32.2. The van der Waals surface area contributed by atoms with Gasteiger partial charge in [0, 0.05) is 40.5 Å². The monoisotopic (exact) mass is 480 g/mol. The second-order valence-corrected chi connectivity index (χ2v) is 10.7. The van der Waals surface area contributed by atoms with Crippen LogP contribution in [0.25, 0.3) is 21.9 Å². The van der Waals surface area contributed by atoms with E-state index < -0.39 is 22.0 Å². The molecule has 1 aliphatic rings. The topological polar surface area (TPSA) is 112 Å². The number of fused-ring (bicyclic) bond motifs is 4. The van der Waals surface area contributed by atoms with Gasteiger partial charge in [-0.2, -0.15) is 4.72 Å². The molecule has 8 heteroatoms. The fourth-order valence-electron chi connectivity index (χ4n) is 4.90. The van der Waals surface area contributed by atoms with Crippen LogP contribution >= 0.6 is 0 Å². The van der Waals surface area contributed by atoms with Gasteiger partial charge in [0.25, 0.3) is 0 Å². The van der Waals surface area contributed by atoms with Crippen LogP contribution in [0.1, 0.15) is 49.0 Å². The minimum atomic E-state index is -4.00. The number of carboxylic acids is 1. The molecule has 0 radical (unpaired) electrons. The van der Waals surface area contributed by atoms with Gasteiger partial charge in [0.15, 0.2) is 0 Å².